The van der Waals surface area contributed by atoms with E-state index >= 15 is 0 Å². The zero-order valence-electron chi connectivity index (χ0n) is 16.4. The number of aryl methyl sites for hydroxylation is 1. The number of carbonyl (C=O) groups excluding carboxylic acids is 1. The van der Waals surface area contributed by atoms with E-state index in [0.717, 1.165) is 37.4 Å². The molecule has 3 rings (SSSR count). The molecule has 0 saturated carbocycles. The highest BCUT2D eigenvalue weighted by Crippen LogP contribution is 2.31. The summed E-state index contributed by atoms with van der Waals surface area (Å²) in [7, 11) is 1.56. The highest BCUT2D eigenvalue weighted by Gasteiger charge is 2.26. The molecule has 0 radical (unpaired) electrons. The standard InChI is InChI=1S/C21H26ClN3O3/c1-14-12-19(20(28-3)13-18(14)22)23-21(27)15(2)24-8-10-25(11-9-24)16-4-6-17(26)7-5-16/h4-7,12-13,15,26H,8-11H2,1-3H3,(H,23,27)/t15-/m0/s1. The summed E-state index contributed by atoms with van der Waals surface area (Å²) in [4.78, 5) is 17.2. The van der Waals surface area contributed by atoms with E-state index in [1.165, 1.54) is 0 Å². The average Bonchev–Trinajstić information content (AvgIpc) is 2.70. The number of phenols is 1. The van der Waals surface area contributed by atoms with Crippen molar-refractivity contribution in [3.05, 3.63) is 47.0 Å². The number of piperazine rings is 1. The molecule has 1 aliphatic rings. The fourth-order valence-electron chi connectivity index (χ4n) is 3.36. The molecule has 6 nitrogen and oxygen atoms in total. The molecule has 150 valence electrons. The zero-order chi connectivity index (χ0) is 20.3. The number of anilines is 2. The molecule has 1 atom stereocenters. The Kier molecular flexibility index (Phi) is 6.31. The minimum Gasteiger partial charge on any atom is -0.508 e. The number of carbonyl (C=O) groups is 1. The van der Waals surface area contributed by atoms with Crippen LogP contribution in [0.25, 0.3) is 0 Å². The third-order valence-corrected chi connectivity index (χ3v) is 5.60. The Hall–Kier alpha value is -2.44. The first-order valence-corrected chi connectivity index (χ1v) is 9.70. The van der Waals surface area contributed by atoms with Crippen LogP contribution in [0.3, 0.4) is 0 Å². The fraction of sp³-hybridized carbons (Fsp3) is 0.381. The van der Waals surface area contributed by atoms with Crippen LogP contribution in [0.15, 0.2) is 36.4 Å². The van der Waals surface area contributed by atoms with Crippen LogP contribution >= 0.6 is 11.6 Å². The topological polar surface area (TPSA) is 65.0 Å². The Morgan fingerprint density at radius 2 is 1.82 bits per heavy atom. The van der Waals surface area contributed by atoms with Crippen LogP contribution in [0, 0.1) is 6.92 Å². The molecule has 1 fully saturated rings. The molecule has 2 N–H and O–H groups in total. The number of amides is 1. The number of hydrogen-bond donors (Lipinski definition) is 2. The number of ether oxygens (including phenoxy) is 1. The van der Waals surface area contributed by atoms with Crippen LogP contribution in [-0.4, -0.2) is 55.2 Å². The van der Waals surface area contributed by atoms with Gasteiger partial charge in [0.15, 0.2) is 0 Å². The number of hydrogen-bond acceptors (Lipinski definition) is 5. The summed E-state index contributed by atoms with van der Waals surface area (Å²) >= 11 is 6.14. The van der Waals surface area contributed by atoms with Crippen molar-refractivity contribution in [1.82, 2.24) is 4.90 Å². The lowest BCUT2D eigenvalue weighted by atomic mass is 10.1. The molecular formula is C21H26ClN3O3. The van der Waals surface area contributed by atoms with Gasteiger partial charge >= 0.3 is 0 Å². The van der Waals surface area contributed by atoms with Crippen molar-refractivity contribution in [2.75, 3.05) is 43.5 Å². The van der Waals surface area contributed by atoms with Crippen molar-refractivity contribution in [1.29, 1.82) is 0 Å². The van der Waals surface area contributed by atoms with Gasteiger partial charge in [0, 0.05) is 43.0 Å². The summed E-state index contributed by atoms with van der Waals surface area (Å²) in [5.74, 6) is 0.743. The molecule has 0 bridgehead atoms. The molecule has 7 heteroatoms. The third kappa shape index (κ3) is 4.51. The number of rotatable bonds is 5. The predicted octanol–water partition coefficient (Wildman–Crippen LogP) is 3.51. The minimum absolute atomic E-state index is 0.0712. The number of aromatic hydroxyl groups is 1. The highest BCUT2D eigenvalue weighted by atomic mass is 35.5. The Morgan fingerprint density at radius 1 is 1.18 bits per heavy atom. The number of benzene rings is 2. The normalized spacial score (nSPS) is 15.9. The molecule has 0 spiro atoms. The summed E-state index contributed by atoms with van der Waals surface area (Å²) in [6.45, 7) is 7.03. The van der Waals surface area contributed by atoms with Crippen molar-refractivity contribution >= 4 is 28.9 Å². The van der Waals surface area contributed by atoms with Crippen LogP contribution in [0.4, 0.5) is 11.4 Å². The molecule has 1 aliphatic heterocycles. The van der Waals surface area contributed by atoms with Crippen LogP contribution in [0.5, 0.6) is 11.5 Å². The predicted molar refractivity (Wildman–Crippen MR) is 113 cm³/mol. The smallest absolute Gasteiger partial charge is 0.241 e. The van der Waals surface area contributed by atoms with Crippen LogP contribution < -0.4 is 15.0 Å². The third-order valence-electron chi connectivity index (χ3n) is 5.19. The van der Waals surface area contributed by atoms with E-state index in [4.69, 9.17) is 16.3 Å². The second-order valence-corrected chi connectivity index (χ2v) is 7.41. The highest BCUT2D eigenvalue weighted by molar-refractivity contribution is 6.31. The van der Waals surface area contributed by atoms with Gasteiger partial charge < -0.3 is 20.1 Å². The Bertz CT molecular complexity index is 834. The molecule has 1 amide bonds. The summed E-state index contributed by atoms with van der Waals surface area (Å²) in [6, 6.07) is 10.5. The maximum atomic E-state index is 12.8. The van der Waals surface area contributed by atoms with Gasteiger partial charge in [-0.15, -0.1) is 0 Å². The van der Waals surface area contributed by atoms with Gasteiger partial charge in [-0.05, 0) is 49.7 Å². The van der Waals surface area contributed by atoms with Gasteiger partial charge in [-0.1, -0.05) is 11.6 Å². The number of phenolic OH excluding ortho intramolecular Hbond substituents is 1. The summed E-state index contributed by atoms with van der Waals surface area (Å²) < 4.78 is 5.34. The maximum Gasteiger partial charge on any atom is 0.241 e. The Labute approximate surface area is 170 Å². The van der Waals surface area contributed by atoms with Gasteiger partial charge in [0.25, 0.3) is 0 Å². The zero-order valence-corrected chi connectivity index (χ0v) is 17.2. The monoisotopic (exact) mass is 403 g/mol. The van der Waals surface area contributed by atoms with Crippen molar-refractivity contribution in [2.45, 2.75) is 19.9 Å². The van der Waals surface area contributed by atoms with E-state index < -0.39 is 0 Å². The SMILES string of the molecule is COc1cc(Cl)c(C)cc1NC(=O)[C@H](C)N1CCN(c2ccc(O)cc2)CC1. The first-order valence-electron chi connectivity index (χ1n) is 9.32. The van der Waals surface area contributed by atoms with Crippen molar-refractivity contribution in [2.24, 2.45) is 0 Å². The molecule has 0 aromatic heterocycles. The number of methoxy groups -OCH3 is 1. The summed E-state index contributed by atoms with van der Waals surface area (Å²) in [6.07, 6.45) is 0. The molecule has 2 aromatic rings. The van der Waals surface area contributed by atoms with Crippen molar-refractivity contribution < 1.29 is 14.6 Å². The van der Waals surface area contributed by atoms with Crippen LogP contribution in [0.2, 0.25) is 5.02 Å². The number of nitrogens with one attached hydrogen (secondary N) is 1. The van der Waals surface area contributed by atoms with Gasteiger partial charge in [0.05, 0.1) is 18.8 Å². The fourth-order valence-corrected chi connectivity index (χ4v) is 3.52. The van der Waals surface area contributed by atoms with Crippen LogP contribution in [-0.2, 0) is 4.79 Å². The summed E-state index contributed by atoms with van der Waals surface area (Å²) in [5.41, 5.74) is 2.59. The quantitative estimate of drug-likeness (QED) is 0.799. The molecule has 28 heavy (non-hydrogen) atoms. The molecule has 2 aromatic carbocycles. The molecule has 0 unspecified atom stereocenters. The lowest BCUT2D eigenvalue weighted by Crippen LogP contribution is -2.52. The van der Waals surface area contributed by atoms with Gasteiger partial charge in [-0.3, -0.25) is 9.69 Å². The van der Waals surface area contributed by atoms with Gasteiger partial charge in [0.2, 0.25) is 5.91 Å². The number of halogens is 1. The van der Waals surface area contributed by atoms with E-state index in [1.807, 2.05) is 32.0 Å². The largest absolute Gasteiger partial charge is 0.508 e. The lowest BCUT2D eigenvalue weighted by molar-refractivity contribution is -0.120. The van der Waals surface area contributed by atoms with Crippen molar-refractivity contribution in [3.63, 3.8) is 0 Å². The van der Waals surface area contributed by atoms with E-state index in [0.29, 0.717) is 16.5 Å². The second-order valence-electron chi connectivity index (χ2n) is 7.01. The maximum absolute atomic E-state index is 12.8. The minimum atomic E-state index is -0.261. The number of nitrogens with zero attached hydrogens (tertiary/aromatic N) is 2. The van der Waals surface area contributed by atoms with Crippen molar-refractivity contribution in [3.8, 4) is 11.5 Å². The van der Waals surface area contributed by atoms with E-state index in [9.17, 15) is 9.90 Å². The Balaban J connectivity index is 1.60. The van der Waals surface area contributed by atoms with Gasteiger partial charge in [-0.2, -0.15) is 0 Å². The molecule has 0 aliphatic carbocycles. The molecule has 1 heterocycles. The average molecular weight is 404 g/mol. The second kappa shape index (κ2) is 8.71. The van der Waals surface area contributed by atoms with E-state index in [1.54, 1.807) is 25.3 Å². The summed E-state index contributed by atoms with van der Waals surface area (Å²) in [5, 5.41) is 13.0. The van der Waals surface area contributed by atoms with Gasteiger partial charge in [0.1, 0.15) is 11.5 Å². The van der Waals surface area contributed by atoms with Gasteiger partial charge in [-0.25, -0.2) is 0 Å². The molecule has 1 saturated heterocycles. The van der Waals surface area contributed by atoms with E-state index in [-0.39, 0.29) is 17.7 Å². The molecular weight excluding hydrogens is 378 g/mol. The first-order chi connectivity index (χ1) is 13.4. The van der Waals surface area contributed by atoms with Crippen LogP contribution in [0.1, 0.15) is 12.5 Å². The lowest BCUT2D eigenvalue weighted by Gasteiger charge is -2.38. The van der Waals surface area contributed by atoms with E-state index in [2.05, 4.69) is 15.1 Å². The first kappa shape index (κ1) is 20.3. The Morgan fingerprint density at radius 3 is 2.43 bits per heavy atom.